The topological polar surface area (TPSA) is 316 Å². The molecule has 0 aliphatic rings. The van der Waals surface area contributed by atoms with Crippen molar-refractivity contribution in [2.24, 2.45) is 0 Å². The minimum atomic E-state index is -4.64. The van der Waals surface area contributed by atoms with Crippen LogP contribution in [-0.2, 0) is 33.3 Å². The van der Waals surface area contributed by atoms with Crippen molar-refractivity contribution in [3.05, 3.63) is 0 Å². The average Bonchev–Trinajstić information content (AvgIpc) is 2.30. The molecule has 0 aliphatic heterocycles. The average molecular weight is 368 g/mol. The monoisotopic (exact) mass is 368 g/mol. The standard InChI is InChI=1S/C2H2O4.4CHNO.Li.H3O4P.H/c3-1(4)2(5)6;4*2-1-3;;1-5(2,3)4;/h(H,3,4)(H,5,6);4*2H;;(H3,1,2,3,4);/q;;;;;+1;;-1. The predicted octanol–water partition coefficient (Wildman–Crippen LogP) is -5.05. The van der Waals surface area contributed by atoms with Crippen LogP contribution >= 0.6 is 7.82 Å². The fraction of sp³-hybridized carbons (Fsp3) is 0. The molecule has 0 saturated heterocycles. The van der Waals surface area contributed by atoms with Gasteiger partial charge >= 0.3 is 38.6 Å². The van der Waals surface area contributed by atoms with Crippen LogP contribution in [0.2, 0.25) is 0 Å². The van der Waals surface area contributed by atoms with Crippen molar-refractivity contribution < 1.29 is 78.5 Å². The van der Waals surface area contributed by atoms with Crippen LogP contribution in [0, 0.1) is 21.6 Å². The molecule has 0 saturated carbocycles. The molecule has 0 aromatic rings. The van der Waals surface area contributed by atoms with Crippen molar-refractivity contribution in [3.63, 3.8) is 0 Å². The number of isocyanates is 4. The van der Waals surface area contributed by atoms with Crippen LogP contribution in [0.25, 0.3) is 0 Å². The first kappa shape index (κ1) is 42.9. The third-order valence-corrected chi connectivity index (χ3v) is 0.183. The van der Waals surface area contributed by atoms with Gasteiger partial charge in [0.2, 0.25) is 24.3 Å². The molecule has 16 nitrogen and oxygen atoms in total. The molecule has 0 aromatic carbocycles. The molecule has 0 fully saturated rings. The van der Waals surface area contributed by atoms with E-state index in [1.165, 1.54) is 0 Å². The Hall–Kier alpha value is -2.83. The Kier molecular flexibility index (Phi) is 76.4. The van der Waals surface area contributed by atoms with Gasteiger partial charge in [-0.1, -0.05) is 0 Å². The van der Waals surface area contributed by atoms with Crippen LogP contribution in [-0.4, -0.2) is 61.2 Å². The maximum atomic E-state index is 9.10. The zero-order valence-corrected chi connectivity index (χ0v) is 12.4. The Morgan fingerprint density at radius 1 is 0.708 bits per heavy atom. The zero-order chi connectivity index (χ0) is 20.5. The molecule has 132 valence electrons. The fourth-order valence-corrected chi connectivity index (χ4v) is 0. The van der Waals surface area contributed by atoms with Gasteiger partial charge in [0.25, 0.3) is 0 Å². The van der Waals surface area contributed by atoms with E-state index in [4.69, 9.17) is 79.9 Å². The zero-order valence-electron chi connectivity index (χ0n) is 12.5. The summed E-state index contributed by atoms with van der Waals surface area (Å²) in [5.41, 5.74) is 0. The van der Waals surface area contributed by atoms with E-state index in [2.05, 4.69) is 0 Å². The number of aliphatic carboxylic acids is 2. The van der Waals surface area contributed by atoms with Gasteiger partial charge in [-0.25, -0.2) is 55.0 Å². The molecule has 0 radical (unpaired) electrons. The smallest absolute Gasteiger partial charge is 1.00 e. The van der Waals surface area contributed by atoms with Crippen molar-refractivity contribution in [3.8, 4) is 0 Å². The Bertz CT molecular complexity index is 429. The quantitative estimate of drug-likeness (QED) is 0.0637. The molecular formula is C6H10LiN4O12P. The molecular weight excluding hydrogens is 358 g/mol. The molecule has 0 atom stereocenters. The first-order valence-electron chi connectivity index (χ1n) is 3.70. The Morgan fingerprint density at radius 3 is 0.750 bits per heavy atom. The molecule has 18 heteroatoms. The number of carboxylic acid groups (broad SMARTS) is 2. The third-order valence-electron chi connectivity index (χ3n) is 0.183. The van der Waals surface area contributed by atoms with Crippen molar-refractivity contribution in [1.82, 2.24) is 0 Å². The van der Waals surface area contributed by atoms with E-state index < -0.39 is 19.8 Å². The number of carbonyl (C=O) groups excluding carboxylic acids is 4. The second kappa shape index (κ2) is 42.7. The van der Waals surface area contributed by atoms with E-state index in [-0.39, 0.29) is 20.3 Å². The van der Waals surface area contributed by atoms with E-state index >= 15 is 0 Å². The molecule has 9 N–H and O–H groups in total. The maximum Gasteiger partial charge on any atom is 1.00 e. The van der Waals surface area contributed by atoms with Crippen molar-refractivity contribution >= 4 is 44.1 Å². The summed E-state index contributed by atoms with van der Waals surface area (Å²) in [5.74, 6) is -3.65. The number of rotatable bonds is 0. The maximum absolute atomic E-state index is 9.10. The van der Waals surface area contributed by atoms with Crippen molar-refractivity contribution in [1.29, 1.82) is 21.6 Å². The van der Waals surface area contributed by atoms with Crippen molar-refractivity contribution in [2.45, 2.75) is 0 Å². The van der Waals surface area contributed by atoms with Crippen molar-refractivity contribution in [2.75, 3.05) is 0 Å². The summed E-state index contributed by atoms with van der Waals surface area (Å²) in [4.78, 5) is 73.2. The normalized spacial score (nSPS) is 5.62. The third kappa shape index (κ3) is 4640. The number of nitrogens with one attached hydrogen (secondary N) is 4. The first-order chi connectivity index (χ1) is 10.3. The Labute approximate surface area is 145 Å². The summed E-state index contributed by atoms with van der Waals surface area (Å²) in [5, 5.41) is 36.4. The minimum Gasteiger partial charge on any atom is -1.00 e. The molecule has 0 rings (SSSR count). The molecule has 0 amide bonds. The number of phosphoric acid groups is 1. The molecule has 24 heavy (non-hydrogen) atoms. The van der Waals surface area contributed by atoms with Crippen LogP contribution in [0.15, 0.2) is 0 Å². The van der Waals surface area contributed by atoms with Gasteiger partial charge in [-0.05, 0) is 0 Å². The minimum absolute atomic E-state index is 0. The van der Waals surface area contributed by atoms with Gasteiger partial charge in [0.05, 0.1) is 0 Å². The van der Waals surface area contributed by atoms with Gasteiger partial charge in [0.1, 0.15) is 0 Å². The molecule has 0 unspecified atom stereocenters. The SMILES string of the molecule is N=C=O.N=C=O.N=C=O.N=C=O.O=C(O)C(=O)O.O=P(O)(O)O.[H-].[Li+]. The fourth-order valence-electron chi connectivity index (χ4n) is 0. The molecule has 0 aliphatic carbocycles. The van der Waals surface area contributed by atoms with Gasteiger partial charge in [-0.15, -0.1) is 0 Å². The number of carboxylic acids is 2. The van der Waals surface area contributed by atoms with Crippen LogP contribution in [0.4, 0.5) is 0 Å². The summed E-state index contributed by atoms with van der Waals surface area (Å²) < 4.78 is 8.88. The molecule has 0 spiro atoms. The second-order valence-electron chi connectivity index (χ2n) is 1.53. The van der Waals surface area contributed by atoms with Crippen LogP contribution in [0.5, 0.6) is 0 Å². The molecule has 0 heterocycles. The van der Waals surface area contributed by atoms with Gasteiger partial charge in [-0.3, -0.25) is 0 Å². The summed E-state index contributed by atoms with van der Waals surface area (Å²) in [6.45, 7) is 0. The number of carbonyl (C=O) groups is 2. The Morgan fingerprint density at radius 2 is 0.750 bits per heavy atom. The first-order valence-corrected chi connectivity index (χ1v) is 5.27. The number of hydrogen-bond acceptors (Lipinski definition) is 11. The van der Waals surface area contributed by atoms with E-state index in [1.54, 1.807) is 0 Å². The largest absolute Gasteiger partial charge is 1.00 e. The summed E-state index contributed by atoms with van der Waals surface area (Å²) in [6, 6.07) is 0. The van der Waals surface area contributed by atoms with E-state index in [9.17, 15) is 0 Å². The van der Waals surface area contributed by atoms with E-state index in [1.807, 2.05) is 0 Å². The van der Waals surface area contributed by atoms with Crippen LogP contribution in [0.1, 0.15) is 1.43 Å². The van der Waals surface area contributed by atoms with Gasteiger partial charge in [0.15, 0.2) is 0 Å². The van der Waals surface area contributed by atoms with Gasteiger partial charge in [-0.2, -0.15) is 0 Å². The van der Waals surface area contributed by atoms with Crippen LogP contribution < -0.4 is 18.9 Å². The Balaban J connectivity index is -0.0000000234. The summed E-state index contributed by atoms with van der Waals surface area (Å²) in [7, 11) is -4.64. The second-order valence-corrected chi connectivity index (χ2v) is 2.56. The summed E-state index contributed by atoms with van der Waals surface area (Å²) >= 11 is 0. The summed E-state index contributed by atoms with van der Waals surface area (Å²) in [6.07, 6.45) is 3.00. The molecule has 0 bridgehead atoms. The van der Waals surface area contributed by atoms with E-state index in [0.29, 0.717) is 0 Å². The number of hydrogen-bond donors (Lipinski definition) is 9. The van der Waals surface area contributed by atoms with Gasteiger partial charge < -0.3 is 26.3 Å². The van der Waals surface area contributed by atoms with E-state index in [0.717, 1.165) is 24.3 Å². The molecule has 0 aromatic heterocycles. The predicted molar refractivity (Wildman–Crippen MR) is 64.3 cm³/mol. The van der Waals surface area contributed by atoms with Gasteiger partial charge in [0, 0.05) is 0 Å². The van der Waals surface area contributed by atoms with Crippen LogP contribution in [0.3, 0.4) is 0 Å².